The predicted octanol–water partition coefficient (Wildman–Crippen LogP) is -0.0222. The first-order chi connectivity index (χ1) is 7.66. The standard InChI is InChI=1S/C9H7N3O4/c13-7-1-2-12(3-6(7)9(14)15)4-8-10-5-16-11-8/h1-3,5H,4H2,(H,14,15). The molecule has 7 nitrogen and oxygen atoms in total. The van der Waals surface area contributed by atoms with E-state index in [9.17, 15) is 9.59 Å². The van der Waals surface area contributed by atoms with E-state index >= 15 is 0 Å². The van der Waals surface area contributed by atoms with Gasteiger partial charge in [-0.25, -0.2) is 4.79 Å². The third-order valence-electron chi connectivity index (χ3n) is 1.94. The van der Waals surface area contributed by atoms with Crippen LogP contribution in [-0.4, -0.2) is 25.8 Å². The summed E-state index contributed by atoms with van der Waals surface area (Å²) >= 11 is 0. The Bertz CT molecular complexity index is 558. The number of carboxylic acid groups (broad SMARTS) is 1. The molecular weight excluding hydrogens is 214 g/mol. The number of pyridine rings is 1. The number of aromatic carboxylic acids is 1. The van der Waals surface area contributed by atoms with E-state index in [2.05, 4.69) is 14.7 Å². The van der Waals surface area contributed by atoms with Crippen molar-refractivity contribution in [2.45, 2.75) is 6.54 Å². The Hall–Kier alpha value is -2.44. The normalized spacial score (nSPS) is 10.2. The average molecular weight is 221 g/mol. The summed E-state index contributed by atoms with van der Waals surface area (Å²) in [7, 11) is 0. The molecule has 0 amide bonds. The van der Waals surface area contributed by atoms with Gasteiger partial charge in [-0.2, -0.15) is 4.98 Å². The minimum Gasteiger partial charge on any atom is -0.477 e. The fourth-order valence-electron chi connectivity index (χ4n) is 1.21. The molecule has 0 aliphatic carbocycles. The Morgan fingerprint density at radius 3 is 3.00 bits per heavy atom. The van der Waals surface area contributed by atoms with Crippen molar-refractivity contribution in [1.82, 2.24) is 14.7 Å². The Labute approximate surface area is 89.0 Å². The van der Waals surface area contributed by atoms with Crippen LogP contribution in [0.15, 0.2) is 34.2 Å². The number of carbonyl (C=O) groups is 1. The molecule has 0 saturated carbocycles. The molecule has 0 fully saturated rings. The zero-order chi connectivity index (χ0) is 11.5. The topological polar surface area (TPSA) is 98.2 Å². The van der Waals surface area contributed by atoms with Gasteiger partial charge in [0.25, 0.3) is 0 Å². The van der Waals surface area contributed by atoms with Crippen LogP contribution in [-0.2, 0) is 6.54 Å². The van der Waals surface area contributed by atoms with Crippen molar-refractivity contribution in [3.05, 3.63) is 46.5 Å². The summed E-state index contributed by atoms with van der Waals surface area (Å²) in [4.78, 5) is 25.7. The Morgan fingerprint density at radius 1 is 1.56 bits per heavy atom. The smallest absolute Gasteiger partial charge is 0.341 e. The lowest BCUT2D eigenvalue weighted by molar-refractivity contribution is 0.0694. The molecule has 0 radical (unpaired) electrons. The van der Waals surface area contributed by atoms with Crippen LogP contribution in [0.5, 0.6) is 0 Å². The van der Waals surface area contributed by atoms with Gasteiger partial charge in [0.05, 0.1) is 6.54 Å². The van der Waals surface area contributed by atoms with Crippen LogP contribution in [0.1, 0.15) is 16.2 Å². The average Bonchev–Trinajstić information content (AvgIpc) is 2.73. The van der Waals surface area contributed by atoms with Crippen LogP contribution in [0.3, 0.4) is 0 Å². The van der Waals surface area contributed by atoms with E-state index in [-0.39, 0.29) is 12.1 Å². The second kappa shape index (κ2) is 3.97. The molecule has 0 aromatic carbocycles. The van der Waals surface area contributed by atoms with Crippen molar-refractivity contribution in [2.75, 3.05) is 0 Å². The summed E-state index contributed by atoms with van der Waals surface area (Å²) in [6, 6.07) is 1.18. The number of carboxylic acids is 1. The van der Waals surface area contributed by atoms with Crippen LogP contribution in [0.2, 0.25) is 0 Å². The van der Waals surface area contributed by atoms with Crippen molar-refractivity contribution in [3.63, 3.8) is 0 Å². The largest absolute Gasteiger partial charge is 0.477 e. The zero-order valence-corrected chi connectivity index (χ0v) is 8.03. The highest BCUT2D eigenvalue weighted by Crippen LogP contribution is 1.97. The SMILES string of the molecule is O=C(O)c1cn(Cc2ncon2)ccc1=O. The number of aromatic nitrogens is 3. The summed E-state index contributed by atoms with van der Waals surface area (Å²) in [6.45, 7) is 0.247. The van der Waals surface area contributed by atoms with Gasteiger partial charge in [-0.1, -0.05) is 5.16 Å². The maximum absolute atomic E-state index is 11.2. The Kier molecular flexibility index (Phi) is 2.50. The fraction of sp³-hybridized carbons (Fsp3) is 0.111. The van der Waals surface area contributed by atoms with Gasteiger partial charge in [0.1, 0.15) is 5.56 Å². The van der Waals surface area contributed by atoms with Crippen LogP contribution in [0.4, 0.5) is 0 Å². The van der Waals surface area contributed by atoms with E-state index in [0.717, 1.165) is 0 Å². The van der Waals surface area contributed by atoms with Crippen molar-refractivity contribution in [2.24, 2.45) is 0 Å². The molecule has 0 aliphatic heterocycles. The van der Waals surface area contributed by atoms with Gasteiger partial charge in [-0.3, -0.25) is 4.79 Å². The quantitative estimate of drug-likeness (QED) is 0.781. The van der Waals surface area contributed by atoms with Gasteiger partial charge in [0.2, 0.25) is 6.39 Å². The minimum atomic E-state index is -1.26. The molecule has 0 unspecified atom stereocenters. The lowest BCUT2D eigenvalue weighted by atomic mass is 10.3. The van der Waals surface area contributed by atoms with Crippen LogP contribution in [0.25, 0.3) is 0 Å². The van der Waals surface area contributed by atoms with Gasteiger partial charge >= 0.3 is 5.97 Å². The highest BCUT2D eigenvalue weighted by molar-refractivity contribution is 5.86. The Balaban J connectivity index is 2.33. The van der Waals surface area contributed by atoms with E-state index in [4.69, 9.17) is 5.11 Å². The molecule has 2 aromatic rings. The molecule has 2 aromatic heterocycles. The number of rotatable bonds is 3. The Morgan fingerprint density at radius 2 is 2.38 bits per heavy atom. The highest BCUT2D eigenvalue weighted by Gasteiger charge is 2.09. The van der Waals surface area contributed by atoms with Crippen LogP contribution < -0.4 is 5.43 Å². The van der Waals surface area contributed by atoms with E-state index in [0.29, 0.717) is 5.82 Å². The predicted molar refractivity (Wildman–Crippen MR) is 51.1 cm³/mol. The van der Waals surface area contributed by atoms with Crippen molar-refractivity contribution < 1.29 is 14.4 Å². The van der Waals surface area contributed by atoms with Crippen LogP contribution in [0, 0.1) is 0 Å². The second-order valence-electron chi connectivity index (χ2n) is 3.05. The molecule has 7 heteroatoms. The lowest BCUT2D eigenvalue weighted by Crippen LogP contribution is -2.17. The van der Waals surface area contributed by atoms with Crippen molar-refractivity contribution >= 4 is 5.97 Å². The number of hydrogen-bond acceptors (Lipinski definition) is 5. The third-order valence-corrected chi connectivity index (χ3v) is 1.94. The first-order valence-electron chi connectivity index (χ1n) is 4.35. The van der Waals surface area contributed by atoms with Gasteiger partial charge in [0.15, 0.2) is 11.3 Å². The van der Waals surface area contributed by atoms with Crippen molar-refractivity contribution in [1.29, 1.82) is 0 Å². The van der Waals surface area contributed by atoms with Gasteiger partial charge in [-0.15, -0.1) is 0 Å². The van der Waals surface area contributed by atoms with Gasteiger partial charge in [-0.05, 0) is 0 Å². The van der Waals surface area contributed by atoms with Crippen molar-refractivity contribution in [3.8, 4) is 0 Å². The zero-order valence-electron chi connectivity index (χ0n) is 8.03. The third kappa shape index (κ3) is 1.97. The van der Waals surface area contributed by atoms with Crippen LogP contribution >= 0.6 is 0 Å². The molecule has 16 heavy (non-hydrogen) atoms. The molecule has 0 atom stereocenters. The van der Waals surface area contributed by atoms with E-state index in [1.165, 1.54) is 29.4 Å². The molecule has 82 valence electrons. The number of nitrogens with zero attached hydrogens (tertiary/aromatic N) is 3. The van der Waals surface area contributed by atoms with E-state index in [1.807, 2.05) is 0 Å². The monoisotopic (exact) mass is 221 g/mol. The molecule has 2 rings (SSSR count). The highest BCUT2D eigenvalue weighted by atomic mass is 16.5. The summed E-state index contributed by atoms with van der Waals surface area (Å²) in [5, 5.41) is 12.3. The first-order valence-corrected chi connectivity index (χ1v) is 4.35. The van der Waals surface area contributed by atoms with E-state index in [1.54, 1.807) is 0 Å². The molecule has 2 heterocycles. The van der Waals surface area contributed by atoms with E-state index < -0.39 is 11.4 Å². The molecule has 0 spiro atoms. The van der Waals surface area contributed by atoms with Gasteiger partial charge < -0.3 is 14.2 Å². The lowest BCUT2D eigenvalue weighted by Gasteiger charge is -2.03. The maximum atomic E-state index is 11.2. The summed E-state index contributed by atoms with van der Waals surface area (Å²) in [5.41, 5.74) is -0.817. The summed E-state index contributed by atoms with van der Waals surface area (Å²) in [6.07, 6.45) is 3.88. The first kappa shape index (κ1) is 10.1. The molecule has 0 saturated heterocycles. The second-order valence-corrected chi connectivity index (χ2v) is 3.05. The minimum absolute atomic E-state index is 0.247. The molecular formula is C9H7N3O4. The molecule has 1 N–H and O–H groups in total. The summed E-state index contributed by atoms with van der Waals surface area (Å²) < 4.78 is 6.03. The summed E-state index contributed by atoms with van der Waals surface area (Å²) in [5.74, 6) is -0.854. The fourth-order valence-corrected chi connectivity index (χ4v) is 1.21. The molecule has 0 aliphatic rings. The van der Waals surface area contributed by atoms with Gasteiger partial charge in [0, 0.05) is 18.5 Å². The molecule has 0 bridgehead atoms. The number of hydrogen-bond donors (Lipinski definition) is 1. The maximum Gasteiger partial charge on any atom is 0.341 e.